The number of anilines is 1. The highest BCUT2D eigenvalue weighted by molar-refractivity contribution is 7.92. The van der Waals surface area contributed by atoms with Gasteiger partial charge in [0.05, 0.1) is 23.6 Å². The number of fused-ring (bicyclic) bond motifs is 1. The molecule has 34 heavy (non-hydrogen) atoms. The fraction of sp³-hybridized carbons (Fsp3) is 0.708. The van der Waals surface area contributed by atoms with Crippen LogP contribution in [0.25, 0.3) is 0 Å². The van der Waals surface area contributed by atoms with Crippen molar-refractivity contribution >= 4 is 21.6 Å². The lowest BCUT2D eigenvalue weighted by molar-refractivity contribution is 0.0000256. The van der Waals surface area contributed by atoms with Gasteiger partial charge >= 0.3 is 0 Å². The van der Waals surface area contributed by atoms with E-state index in [9.17, 15) is 13.2 Å². The van der Waals surface area contributed by atoms with E-state index in [0.29, 0.717) is 36.1 Å². The third kappa shape index (κ3) is 7.31. The molecule has 10 heteroatoms. The summed E-state index contributed by atoms with van der Waals surface area (Å²) in [5.74, 6) is 0.954. The lowest BCUT2D eigenvalue weighted by atomic mass is 9.96. The number of nitrogens with zero attached hydrogens (tertiary/aromatic N) is 2. The van der Waals surface area contributed by atoms with E-state index < -0.39 is 10.0 Å². The van der Waals surface area contributed by atoms with Gasteiger partial charge in [-0.3, -0.25) is 14.4 Å². The molecule has 3 rings (SSSR count). The summed E-state index contributed by atoms with van der Waals surface area (Å²) in [5.41, 5.74) is 0.756. The summed E-state index contributed by atoms with van der Waals surface area (Å²) >= 11 is 0. The SMILES string of the molecule is CO[C@@H]1CN(C)C(=O)c2ccc(NS(C)(=O)=O)cc2OC[C@@H](C)N(CC2CCOCC2)C[C@H]1C. The zero-order chi connectivity index (χ0) is 24.9. The largest absolute Gasteiger partial charge is 0.491 e. The van der Waals surface area contributed by atoms with Crippen molar-refractivity contribution in [3.8, 4) is 5.75 Å². The van der Waals surface area contributed by atoms with Crippen LogP contribution in [0.15, 0.2) is 18.2 Å². The molecular weight excluding hydrogens is 458 g/mol. The maximum atomic E-state index is 13.3. The number of amides is 1. The zero-order valence-electron chi connectivity index (χ0n) is 21.0. The van der Waals surface area contributed by atoms with E-state index in [2.05, 4.69) is 23.5 Å². The highest BCUT2D eigenvalue weighted by atomic mass is 32.2. The van der Waals surface area contributed by atoms with Gasteiger partial charge in [0.1, 0.15) is 12.4 Å². The molecule has 9 nitrogen and oxygen atoms in total. The van der Waals surface area contributed by atoms with E-state index in [-0.39, 0.29) is 24.0 Å². The van der Waals surface area contributed by atoms with Gasteiger partial charge in [-0.15, -0.1) is 0 Å². The Morgan fingerprint density at radius 3 is 2.53 bits per heavy atom. The smallest absolute Gasteiger partial charge is 0.257 e. The number of rotatable bonds is 5. The van der Waals surface area contributed by atoms with Gasteiger partial charge in [0, 0.05) is 59.1 Å². The quantitative estimate of drug-likeness (QED) is 0.667. The first-order chi connectivity index (χ1) is 16.1. The minimum absolute atomic E-state index is 0.0921. The average Bonchev–Trinajstić information content (AvgIpc) is 2.79. The van der Waals surface area contributed by atoms with Gasteiger partial charge in [-0.2, -0.15) is 0 Å². The predicted molar refractivity (Wildman–Crippen MR) is 132 cm³/mol. The van der Waals surface area contributed by atoms with E-state index in [1.54, 1.807) is 37.3 Å². The number of sulfonamides is 1. The Kier molecular flexibility index (Phi) is 9.20. The normalized spacial score (nSPS) is 26.2. The van der Waals surface area contributed by atoms with Crippen molar-refractivity contribution in [3.05, 3.63) is 23.8 Å². The van der Waals surface area contributed by atoms with E-state index in [0.717, 1.165) is 45.4 Å². The molecule has 2 aliphatic heterocycles. The monoisotopic (exact) mass is 497 g/mol. The maximum absolute atomic E-state index is 13.3. The van der Waals surface area contributed by atoms with Crippen LogP contribution in [-0.2, 0) is 19.5 Å². The molecule has 1 fully saturated rings. The van der Waals surface area contributed by atoms with E-state index >= 15 is 0 Å². The molecule has 2 heterocycles. The van der Waals surface area contributed by atoms with Crippen molar-refractivity contribution in [2.75, 3.05) is 64.6 Å². The minimum atomic E-state index is -3.46. The van der Waals surface area contributed by atoms with Crippen LogP contribution >= 0.6 is 0 Å². The molecule has 1 saturated heterocycles. The summed E-state index contributed by atoms with van der Waals surface area (Å²) < 4.78 is 43.4. The molecule has 0 aliphatic carbocycles. The Balaban J connectivity index is 1.91. The number of hydrogen-bond acceptors (Lipinski definition) is 7. The molecule has 0 radical (unpaired) electrons. The lowest BCUT2D eigenvalue weighted by Gasteiger charge is -2.38. The van der Waals surface area contributed by atoms with Gasteiger partial charge in [0.15, 0.2) is 0 Å². The molecule has 0 unspecified atom stereocenters. The Morgan fingerprint density at radius 2 is 1.88 bits per heavy atom. The van der Waals surface area contributed by atoms with E-state index in [1.807, 2.05) is 0 Å². The van der Waals surface area contributed by atoms with Crippen molar-refractivity contribution in [1.82, 2.24) is 9.80 Å². The number of hydrogen-bond donors (Lipinski definition) is 1. The second-order valence-corrected chi connectivity index (χ2v) is 11.4. The predicted octanol–water partition coefficient (Wildman–Crippen LogP) is 2.29. The number of nitrogens with one attached hydrogen (secondary N) is 1. The van der Waals surface area contributed by atoms with Crippen molar-refractivity contribution in [3.63, 3.8) is 0 Å². The van der Waals surface area contributed by atoms with E-state index in [4.69, 9.17) is 14.2 Å². The summed E-state index contributed by atoms with van der Waals surface area (Å²) in [7, 11) is -0.0127. The van der Waals surface area contributed by atoms with Gasteiger partial charge in [0.2, 0.25) is 10.0 Å². The van der Waals surface area contributed by atoms with Crippen molar-refractivity contribution < 1.29 is 27.4 Å². The van der Waals surface area contributed by atoms with Crippen molar-refractivity contribution in [1.29, 1.82) is 0 Å². The highest BCUT2D eigenvalue weighted by Crippen LogP contribution is 2.28. The van der Waals surface area contributed by atoms with Gasteiger partial charge < -0.3 is 19.1 Å². The molecule has 1 N–H and O–H groups in total. The fourth-order valence-corrected chi connectivity index (χ4v) is 5.19. The lowest BCUT2D eigenvalue weighted by Crippen LogP contribution is -2.48. The van der Waals surface area contributed by atoms with Gasteiger partial charge in [-0.1, -0.05) is 6.92 Å². The Hall–Kier alpha value is -1.88. The first-order valence-electron chi connectivity index (χ1n) is 11.9. The molecule has 2 aliphatic rings. The second kappa shape index (κ2) is 11.7. The molecule has 192 valence electrons. The zero-order valence-corrected chi connectivity index (χ0v) is 21.8. The third-order valence-corrected chi connectivity index (χ3v) is 7.32. The number of carbonyl (C=O) groups is 1. The molecule has 0 aromatic heterocycles. The molecular formula is C24H39N3O6S. The molecule has 1 aromatic carbocycles. The van der Waals surface area contributed by atoms with Crippen molar-refractivity contribution in [2.24, 2.45) is 11.8 Å². The number of benzene rings is 1. The first kappa shape index (κ1) is 26.7. The Morgan fingerprint density at radius 1 is 1.18 bits per heavy atom. The second-order valence-electron chi connectivity index (χ2n) is 9.69. The first-order valence-corrected chi connectivity index (χ1v) is 13.8. The minimum Gasteiger partial charge on any atom is -0.491 e. The Labute approximate surface area is 203 Å². The summed E-state index contributed by atoms with van der Waals surface area (Å²) in [5, 5.41) is 0. The van der Waals surface area contributed by atoms with Crippen LogP contribution < -0.4 is 9.46 Å². The third-order valence-electron chi connectivity index (χ3n) is 6.71. The topological polar surface area (TPSA) is 97.4 Å². The number of ether oxygens (including phenoxy) is 3. The van der Waals surface area contributed by atoms with Gasteiger partial charge in [0.25, 0.3) is 5.91 Å². The van der Waals surface area contributed by atoms with Crippen LogP contribution in [-0.4, -0.2) is 96.1 Å². The van der Waals surface area contributed by atoms with Crippen LogP contribution in [0.3, 0.4) is 0 Å². The van der Waals surface area contributed by atoms with Gasteiger partial charge in [-0.05, 0) is 43.7 Å². The average molecular weight is 498 g/mol. The molecule has 3 atom stereocenters. The van der Waals surface area contributed by atoms with Crippen LogP contribution in [0.5, 0.6) is 5.75 Å². The molecule has 0 bridgehead atoms. The van der Waals surface area contributed by atoms with Crippen LogP contribution in [0.1, 0.15) is 37.0 Å². The number of methoxy groups -OCH3 is 1. The van der Waals surface area contributed by atoms with E-state index in [1.165, 1.54) is 0 Å². The summed E-state index contributed by atoms with van der Waals surface area (Å²) in [4.78, 5) is 17.4. The number of likely N-dealkylation sites (N-methyl/N-ethyl adjacent to an activating group) is 1. The maximum Gasteiger partial charge on any atom is 0.257 e. The van der Waals surface area contributed by atoms with Gasteiger partial charge in [-0.25, -0.2) is 8.42 Å². The van der Waals surface area contributed by atoms with Crippen LogP contribution in [0, 0.1) is 11.8 Å². The highest BCUT2D eigenvalue weighted by Gasteiger charge is 2.30. The summed E-state index contributed by atoms with van der Waals surface area (Å²) in [6.07, 6.45) is 3.07. The molecule has 0 spiro atoms. The van der Waals surface area contributed by atoms with Crippen LogP contribution in [0.2, 0.25) is 0 Å². The standard InChI is InChI=1S/C24H39N3O6S/c1-17-13-27(14-19-8-10-32-11-9-19)18(2)16-33-22-12-20(25-34(5,29)30)6-7-21(22)24(28)26(3)15-23(17)31-4/h6-7,12,17-19,23,25H,8-11,13-16H2,1-5H3/t17-,18-,23-/m1/s1. The van der Waals surface area contributed by atoms with Crippen molar-refractivity contribution in [2.45, 2.75) is 38.8 Å². The fourth-order valence-electron chi connectivity index (χ4n) is 4.64. The molecule has 1 amide bonds. The molecule has 1 aromatic rings. The summed E-state index contributed by atoms with van der Waals surface area (Å²) in [6.45, 7) is 8.49. The summed E-state index contributed by atoms with van der Waals surface area (Å²) in [6, 6.07) is 4.87. The molecule has 0 saturated carbocycles. The number of carbonyl (C=O) groups excluding carboxylic acids is 1. The van der Waals surface area contributed by atoms with Crippen LogP contribution in [0.4, 0.5) is 5.69 Å². The Bertz CT molecular complexity index is 935.